The predicted octanol–water partition coefficient (Wildman–Crippen LogP) is 2.26. The number of carboxylic acids is 1. The summed E-state index contributed by atoms with van der Waals surface area (Å²) in [6.45, 7) is 1.81. The Kier molecular flexibility index (Phi) is 7.49. The number of anilines is 1. The zero-order valence-corrected chi connectivity index (χ0v) is 18.8. The van der Waals surface area contributed by atoms with Crippen molar-refractivity contribution in [2.24, 2.45) is 0 Å². The number of aliphatic carboxylic acids is 1. The van der Waals surface area contributed by atoms with E-state index >= 15 is 0 Å². The third-order valence-electron chi connectivity index (χ3n) is 6.32. The molecule has 9 heteroatoms. The van der Waals surface area contributed by atoms with Gasteiger partial charge in [0, 0.05) is 50.5 Å². The van der Waals surface area contributed by atoms with E-state index in [1.54, 1.807) is 18.6 Å². The molecule has 0 saturated heterocycles. The summed E-state index contributed by atoms with van der Waals surface area (Å²) in [5, 5.41) is 15.5. The molecule has 1 saturated carbocycles. The van der Waals surface area contributed by atoms with Crippen LogP contribution in [-0.2, 0) is 32.6 Å². The molecule has 1 aliphatic heterocycles. The minimum absolute atomic E-state index is 0.218. The Morgan fingerprint density at radius 2 is 2.09 bits per heavy atom. The normalized spacial score (nSPS) is 16.8. The average molecular weight is 454 g/mol. The van der Waals surface area contributed by atoms with E-state index in [9.17, 15) is 14.7 Å². The number of fused-ring (bicyclic) bond motifs is 1. The number of carboxylic acid groups (broad SMARTS) is 1. The van der Waals surface area contributed by atoms with Gasteiger partial charge in [0.25, 0.3) is 0 Å². The van der Waals surface area contributed by atoms with E-state index < -0.39 is 17.4 Å². The molecular formula is C24H31N5O4. The summed E-state index contributed by atoms with van der Waals surface area (Å²) in [5.74, 6) is -0.347. The van der Waals surface area contributed by atoms with Crippen LogP contribution in [0.4, 0.5) is 5.82 Å². The summed E-state index contributed by atoms with van der Waals surface area (Å²) in [6.07, 6.45) is 11.1. The van der Waals surface area contributed by atoms with Gasteiger partial charge in [0.05, 0.1) is 11.1 Å². The van der Waals surface area contributed by atoms with Crippen molar-refractivity contribution >= 4 is 17.7 Å². The van der Waals surface area contributed by atoms with Gasteiger partial charge in [-0.15, -0.1) is 0 Å². The predicted molar refractivity (Wildman–Crippen MR) is 122 cm³/mol. The Labute approximate surface area is 193 Å². The lowest BCUT2D eigenvalue weighted by molar-refractivity contribution is -0.142. The number of aryl methyl sites for hydroxylation is 2. The lowest BCUT2D eigenvalue weighted by atomic mass is 10.0. The van der Waals surface area contributed by atoms with Crippen molar-refractivity contribution in [2.45, 2.75) is 62.8 Å². The van der Waals surface area contributed by atoms with E-state index in [4.69, 9.17) is 9.72 Å². The Hall–Kier alpha value is -3.07. The molecular weight excluding hydrogens is 422 g/mol. The summed E-state index contributed by atoms with van der Waals surface area (Å²) in [5.41, 5.74) is 2.21. The van der Waals surface area contributed by atoms with Crippen LogP contribution in [0.5, 0.6) is 0 Å². The van der Waals surface area contributed by atoms with E-state index in [0.717, 1.165) is 50.2 Å². The first-order valence-electron chi connectivity index (χ1n) is 11.7. The molecule has 2 aromatic rings. The van der Waals surface area contributed by atoms with E-state index in [1.807, 2.05) is 0 Å². The quantitative estimate of drug-likeness (QED) is 0.418. The summed E-state index contributed by atoms with van der Waals surface area (Å²) >= 11 is 0. The van der Waals surface area contributed by atoms with Gasteiger partial charge >= 0.3 is 5.97 Å². The van der Waals surface area contributed by atoms with E-state index in [1.165, 1.54) is 5.56 Å². The summed E-state index contributed by atoms with van der Waals surface area (Å²) in [4.78, 5) is 37.3. The first kappa shape index (κ1) is 23.1. The van der Waals surface area contributed by atoms with Gasteiger partial charge in [0.2, 0.25) is 5.91 Å². The van der Waals surface area contributed by atoms with E-state index in [-0.39, 0.29) is 18.9 Å². The first-order chi connectivity index (χ1) is 16.1. The molecule has 0 spiro atoms. The monoisotopic (exact) mass is 453 g/mol. The Bertz CT molecular complexity index is 965. The molecule has 4 rings (SSSR count). The minimum atomic E-state index is -1.06. The number of unbranched alkanes of at least 4 members (excludes halogenated alkanes) is 1. The number of carbonyl (C=O) groups is 2. The number of hydrogen-bond acceptors (Lipinski definition) is 7. The van der Waals surface area contributed by atoms with Gasteiger partial charge in [-0.25, -0.2) is 9.78 Å². The van der Waals surface area contributed by atoms with Crippen LogP contribution >= 0.6 is 0 Å². The van der Waals surface area contributed by atoms with Crippen LogP contribution < -0.4 is 10.6 Å². The number of aromatic nitrogens is 3. The molecule has 1 atom stereocenters. The lowest BCUT2D eigenvalue weighted by Gasteiger charge is -2.19. The van der Waals surface area contributed by atoms with Crippen LogP contribution in [0.15, 0.2) is 30.7 Å². The Morgan fingerprint density at radius 1 is 1.21 bits per heavy atom. The standard InChI is InChI=1S/C24H31N5O4/c30-22(31)19(29-23(32)24(9-10-24)20-16-25-12-13-26-20)8-15-33-14-2-1-5-18-7-6-17-4-3-11-27-21(17)28-18/h6-7,12-13,16,19H,1-5,8-11,14-15H2,(H,27,28)(H,29,32)(H,30,31). The molecule has 1 unspecified atom stereocenters. The maximum absolute atomic E-state index is 12.7. The Morgan fingerprint density at radius 3 is 2.85 bits per heavy atom. The molecule has 9 nitrogen and oxygen atoms in total. The van der Waals surface area contributed by atoms with Crippen LogP contribution in [0, 0.1) is 0 Å². The second kappa shape index (κ2) is 10.7. The van der Waals surface area contributed by atoms with Crippen molar-refractivity contribution in [3.8, 4) is 0 Å². The van der Waals surface area contributed by atoms with Crippen LogP contribution in [0.1, 0.15) is 55.5 Å². The lowest BCUT2D eigenvalue weighted by Crippen LogP contribution is -2.46. The molecule has 2 aromatic heterocycles. The zero-order valence-electron chi connectivity index (χ0n) is 18.8. The smallest absolute Gasteiger partial charge is 0.326 e. The van der Waals surface area contributed by atoms with E-state index in [0.29, 0.717) is 25.1 Å². The molecule has 1 aliphatic carbocycles. The molecule has 0 bridgehead atoms. The largest absolute Gasteiger partial charge is 0.480 e. The highest BCUT2D eigenvalue weighted by Crippen LogP contribution is 2.47. The number of amides is 1. The van der Waals surface area contributed by atoms with Crippen LogP contribution in [0.2, 0.25) is 0 Å². The number of hydrogen-bond donors (Lipinski definition) is 3. The highest BCUT2D eigenvalue weighted by Gasteiger charge is 2.53. The second-order valence-electron chi connectivity index (χ2n) is 8.74. The fourth-order valence-corrected chi connectivity index (χ4v) is 4.15. The van der Waals surface area contributed by atoms with Gasteiger partial charge in [-0.1, -0.05) is 6.07 Å². The number of nitrogens with zero attached hydrogens (tertiary/aromatic N) is 3. The number of rotatable bonds is 12. The molecule has 0 radical (unpaired) electrons. The molecule has 0 aromatic carbocycles. The summed E-state index contributed by atoms with van der Waals surface area (Å²) < 4.78 is 5.64. The van der Waals surface area contributed by atoms with Gasteiger partial charge in [0.15, 0.2) is 0 Å². The summed E-state index contributed by atoms with van der Waals surface area (Å²) in [6, 6.07) is 3.27. The maximum Gasteiger partial charge on any atom is 0.326 e. The van der Waals surface area contributed by atoms with Crippen molar-refractivity contribution in [3.05, 3.63) is 47.7 Å². The van der Waals surface area contributed by atoms with Crippen molar-refractivity contribution in [2.75, 3.05) is 25.1 Å². The van der Waals surface area contributed by atoms with Gasteiger partial charge in [0.1, 0.15) is 11.9 Å². The number of pyridine rings is 1. The van der Waals surface area contributed by atoms with Gasteiger partial charge in [-0.2, -0.15) is 0 Å². The van der Waals surface area contributed by atoms with Gasteiger partial charge in [-0.3, -0.25) is 14.8 Å². The maximum atomic E-state index is 12.7. The van der Waals surface area contributed by atoms with E-state index in [2.05, 4.69) is 32.7 Å². The molecule has 1 amide bonds. The van der Waals surface area contributed by atoms with Gasteiger partial charge in [-0.05, 0) is 56.6 Å². The SMILES string of the molecule is O=C(O)C(CCOCCCCc1ccc2c(n1)NCCC2)NC(=O)C1(c2cnccn2)CC1. The first-order valence-corrected chi connectivity index (χ1v) is 11.7. The number of ether oxygens (including phenoxy) is 1. The topological polar surface area (TPSA) is 126 Å². The molecule has 3 N–H and O–H groups in total. The fourth-order valence-electron chi connectivity index (χ4n) is 4.15. The minimum Gasteiger partial charge on any atom is -0.480 e. The van der Waals surface area contributed by atoms with Crippen molar-refractivity contribution < 1.29 is 19.4 Å². The van der Waals surface area contributed by atoms with Crippen LogP contribution in [-0.4, -0.2) is 57.7 Å². The molecule has 33 heavy (non-hydrogen) atoms. The second-order valence-corrected chi connectivity index (χ2v) is 8.74. The highest BCUT2D eigenvalue weighted by molar-refractivity contribution is 5.93. The molecule has 3 heterocycles. The summed E-state index contributed by atoms with van der Waals surface area (Å²) in [7, 11) is 0. The molecule has 2 aliphatic rings. The highest BCUT2D eigenvalue weighted by atomic mass is 16.5. The number of carbonyl (C=O) groups excluding carboxylic acids is 1. The average Bonchev–Trinajstić information content (AvgIpc) is 3.65. The van der Waals surface area contributed by atoms with Crippen molar-refractivity contribution in [3.63, 3.8) is 0 Å². The number of nitrogens with one attached hydrogen (secondary N) is 2. The Balaban J connectivity index is 1.15. The van der Waals surface area contributed by atoms with Crippen molar-refractivity contribution in [1.29, 1.82) is 0 Å². The van der Waals surface area contributed by atoms with Crippen molar-refractivity contribution in [1.82, 2.24) is 20.3 Å². The fraction of sp³-hybridized carbons (Fsp3) is 0.542. The van der Waals surface area contributed by atoms with Crippen LogP contribution in [0.25, 0.3) is 0 Å². The third kappa shape index (κ3) is 5.84. The van der Waals surface area contributed by atoms with Crippen LogP contribution in [0.3, 0.4) is 0 Å². The molecule has 176 valence electrons. The third-order valence-corrected chi connectivity index (χ3v) is 6.32. The zero-order chi connectivity index (χ0) is 23.1. The molecule has 1 fully saturated rings. The van der Waals surface area contributed by atoms with Gasteiger partial charge < -0.3 is 20.5 Å².